The predicted octanol–water partition coefficient (Wildman–Crippen LogP) is 3.49. The summed E-state index contributed by atoms with van der Waals surface area (Å²) in [5.74, 6) is 0. The van der Waals surface area contributed by atoms with Gasteiger partial charge in [0.2, 0.25) is 0 Å². The minimum atomic E-state index is 0.844. The summed E-state index contributed by atoms with van der Waals surface area (Å²) in [4.78, 5) is 9.89. The van der Waals surface area contributed by atoms with E-state index in [2.05, 4.69) is 6.92 Å². The normalized spacial score (nSPS) is 10.8. The van der Waals surface area contributed by atoms with Gasteiger partial charge in [0.1, 0.15) is 6.29 Å². The highest BCUT2D eigenvalue weighted by Crippen LogP contribution is 2.06. The number of hydrogen-bond donors (Lipinski definition) is 0. The van der Waals surface area contributed by atoms with E-state index in [9.17, 15) is 4.79 Å². The molecule has 0 aliphatic carbocycles. The molecule has 0 atom stereocenters. The standard InChI is InChI=1S/C11H20O/c1-2-3-4-5-6-7-8-9-10-11-12/h9-11H,2-8H2,1H3/b10-9-. The van der Waals surface area contributed by atoms with Crippen molar-refractivity contribution >= 4 is 6.29 Å². The average Bonchev–Trinajstić information content (AvgIpc) is 2.10. The third-order valence-corrected chi connectivity index (χ3v) is 1.94. The molecule has 0 unspecified atom stereocenters. The minimum Gasteiger partial charge on any atom is -0.299 e. The molecule has 0 aliphatic rings. The lowest BCUT2D eigenvalue weighted by Crippen LogP contribution is -1.77. The second-order valence-electron chi connectivity index (χ2n) is 3.12. The average molecular weight is 168 g/mol. The monoisotopic (exact) mass is 168 g/mol. The largest absolute Gasteiger partial charge is 0.299 e. The smallest absolute Gasteiger partial charge is 0.142 e. The Labute approximate surface area is 75.9 Å². The van der Waals surface area contributed by atoms with Gasteiger partial charge in [-0.2, -0.15) is 0 Å². The van der Waals surface area contributed by atoms with Gasteiger partial charge in [-0.15, -0.1) is 0 Å². The Morgan fingerprint density at radius 3 is 2.33 bits per heavy atom. The van der Waals surface area contributed by atoms with Crippen LogP contribution in [0.15, 0.2) is 12.2 Å². The van der Waals surface area contributed by atoms with Gasteiger partial charge >= 0.3 is 0 Å². The summed E-state index contributed by atoms with van der Waals surface area (Å²) in [6, 6.07) is 0. The van der Waals surface area contributed by atoms with Crippen LogP contribution in [-0.4, -0.2) is 6.29 Å². The van der Waals surface area contributed by atoms with Crippen molar-refractivity contribution < 1.29 is 4.79 Å². The summed E-state index contributed by atoms with van der Waals surface area (Å²) in [7, 11) is 0. The number of rotatable bonds is 8. The van der Waals surface area contributed by atoms with Crippen LogP contribution in [0.1, 0.15) is 51.9 Å². The number of carbonyl (C=O) groups is 1. The van der Waals surface area contributed by atoms with Crippen molar-refractivity contribution in [2.45, 2.75) is 51.9 Å². The molecule has 0 amide bonds. The fourth-order valence-corrected chi connectivity index (χ4v) is 1.19. The van der Waals surface area contributed by atoms with Gasteiger partial charge in [0, 0.05) is 0 Å². The van der Waals surface area contributed by atoms with E-state index in [1.165, 1.54) is 38.5 Å². The highest BCUT2D eigenvalue weighted by molar-refractivity contribution is 5.64. The summed E-state index contributed by atoms with van der Waals surface area (Å²) in [6.45, 7) is 2.23. The van der Waals surface area contributed by atoms with Crippen LogP contribution in [0.2, 0.25) is 0 Å². The van der Waals surface area contributed by atoms with Gasteiger partial charge in [-0.05, 0) is 18.9 Å². The molecule has 0 rings (SSSR count). The summed E-state index contributed by atoms with van der Waals surface area (Å²) in [6.07, 6.45) is 13.4. The predicted molar refractivity (Wildman–Crippen MR) is 53.2 cm³/mol. The van der Waals surface area contributed by atoms with Crippen LogP contribution in [0.3, 0.4) is 0 Å². The Hall–Kier alpha value is -0.590. The van der Waals surface area contributed by atoms with Gasteiger partial charge in [0.15, 0.2) is 0 Å². The van der Waals surface area contributed by atoms with E-state index in [0.29, 0.717) is 0 Å². The Bertz CT molecular complexity index is 116. The second kappa shape index (κ2) is 10.4. The first kappa shape index (κ1) is 11.4. The zero-order valence-corrected chi connectivity index (χ0v) is 8.09. The van der Waals surface area contributed by atoms with Crippen molar-refractivity contribution in [3.8, 4) is 0 Å². The number of hydrogen-bond acceptors (Lipinski definition) is 1. The molecule has 0 saturated carbocycles. The summed E-state index contributed by atoms with van der Waals surface area (Å²) < 4.78 is 0. The van der Waals surface area contributed by atoms with E-state index >= 15 is 0 Å². The van der Waals surface area contributed by atoms with Crippen molar-refractivity contribution in [2.24, 2.45) is 0 Å². The molecule has 1 heteroatoms. The van der Waals surface area contributed by atoms with Gasteiger partial charge in [-0.1, -0.05) is 45.1 Å². The molecule has 0 N–H and O–H groups in total. The maximum absolute atomic E-state index is 9.89. The molecule has 0 aromatic carbocycles. The molecule has 0 saturated heterocycles. The first-order valence-corrected chi connectivity index (χ1v) is 5.02. The van der Waals surface area contributed by atoms with Crippen LogP contribution in [0.25, 0.3) is 0 Å². The Balaban J connectivity index is 2.90. The zero-order chi connectivity index (χ0) is 9.07. The topological polar surface area (TPSA) is 17.1 Å². The van der Waals surface area contributed by atoms with Crippen molar-refractivity contribution in [3.63, 3.8) is 0 Å². The fraction of sp³-hybridized carbons (Fsp3) is 0.727. The van der Waals surface area contributed by atoms with Crippen molar-refractivity contribution in [1.82, 2.24) is 0 Å². The lowest BCUT2D eigenvalue weighted by Gasteiger charge is -1.96. The highest BCUT2D eigenvalue weighted by atomic mass is 16.1. The third kappa shape index (κ3) is 9.41. The number of carbonyl (C=O) groups excluding carboxylic acids is 1. The molecule has 0 aromatic rings. The molecule has 0 radical (unpaired) electrons. The van der Waals surface area contributed by atoms with E-state index < -0.39 is 0 Å². The number of allylic oxidation sites excluding steroid dienone is 2. The summed E-state index contributed by atoms with van der Waals surface area (Å²) in [5, 5.41) is 0. The molecule has 0 aliphatic heterocycles. The zero-order valence-electron chi connectivity index (χ0n) is 8.09. The van der Waals surface area contributed by atoms with Crippen molar-refractivity contribution in [2.75, 3.05) is 0 Å². The molecule has 0 heterocycles. The maximum Gasteiger partial charge on any atom is 0.142 e. The van der Waals surface area contributed by atoms with Crippen LogP contribution < -0.4 is 0 Å². The van der Waals surface area contributed by atoms with E-state index in [-0.39, 0.29) is 0 Å². The lowest BCUT2D eigenvalue weighted by molar-refractivity contribution is -0.104. The summed E-state index contributed by atoms with van der Waals surface area (Å²) >= 11 is 0. The van der Waals surface area contributed by atoms with E-state index in [1.54, 1.807) is 6.08 Å². The lowest BCUT2D eigenvalue weighted by atomic mass is 10.1. The van der Waals surface area contributed by atoms with Gasteiger partial charge in [0.05, 0.1) is 0 Å². The van der Waals surface area contributed by atoms with Crippen LogP contribution in [-0.2, 0) is 4.79 Å². The molecule has 0 aromatic heterocycles. The van der Waals surface area contributed by atoms with E-state index in [4.69, 9.17) is 0 Å². The Morgan fingerprint density at radius 1 is 1.00 bits per heavy atom. The fourth-order valence-electron chi connectivity index (χ4n) is 1.19. The van der Waals surface area contributed by atoms with Crippen LogP contribution in [0.5, 0.6) is 0 Å². The van der Waals surface area contributed by atoms with Gasteiger partial charge in [-0.3, -0.25) is 4.79 Å². The van der Waals surface area contributed by atoms with Gasteiger partial charge < -0.3 is 0 Å². The van der Waals surface area contributed by atoms with Crippen molar-refractivity contribution in [3.05, 3.63) is 12.2 Å². The molecular formula is C11H20O. The van der Waals surface area contributed by atoms with Crippen LogP contribution in [0, 0.1) is 0 Å². The van der Waals surface area contributed by atoms with Gasteiger partial charge in [0.25, 0.3) is 0 Å². The van der Waals surface area contributed by atoms with Crippen LogP contribution >= 0.6 is 0 Å². The Kier molecular flexibility index (Phi) is 9.90. The van der Waals surface area contributed by atoms with Crippen molar-refractivity contribution in [1.29, 1.82) is 0 Å². The SMILES string of the molecule is CCCCCCCC/C=C\C=O. The first-order chi connectivity index (χ1) is 5.91. The number of unbranched alkanes of at least 4 members (excludes halogenated alkanes) is 6. The van der Waals surface area contributed by atoms with Crippen LogP contribution in [0.4, 0.5) is 0 Å². The van der Waals surface area contributed by atoms with Gasteiger partial charge in [-0.25, -0.2) is 0 Å². The van der Waals surface area contributed by atoms with E-state index in [1.807, 2.05) is 6.08 Å². The molecule has 0 fully saturated rings. The minimum absolute atomic E-state index is 0.844. The summed E-state index contributed by atoms with van der Waals surface area (Å²) in [5.41, 5.74) is 0. The maximum atomic E-state index is 9.89. The molecular weight excluding hydrogens is 148 g/mol. The van der Waals surface area contributed by atoms with E-state index in [0.717, 1.165) is 12.7 Å². The molecule has 70 valence electrons. The molecule has 1 nitrogen and oxygen atoms in total. The molecule has 0 spiro atoms. The Morgan fingerprint density at radius 2 is 1.67 bits per heavy atom. The second-order valence-corrected chi connectivity index (χ2v) is 3.12. The molecule has 12 heavy (non-hydrogen) atoms. The first-order valence-electron chi connectivity index (χ1n) is 5.02. The molecule has 0 bridgehead atoms. The quantitative estimate of drug-likeness (QED) is 0.308. The number of aldehydes is 1. The third-order valence-electron chi connectivity index (χ3n) is 1.94. The highest BCUT2D eigenvalue weighted by Gasteiger charge is 1.87.